The van der Waals surface area contributed by atoms with E-state index in [4.69, 9.17) is 34.8 Å². The van der Waals surface area contributed by atoms with Gasteiger partial charge >= 0.3 is 0 Å². The Kier molecular flexibility index (Phi) is 6.17. The van der Waals surface area contributed by atoms with Crippen molar-refractivity contribution in [2.45, 2.75) is 17.7 Å². The van der Waals surface area contributed by atoms with E-state index < -0.39 is 15.9 Å². The summed E-state index contributed by atoms with van der Waals surface area (Å²) >= 11 is 18.2. The number of sulfonamides is 1. The molecule has 1 amide bonds. The molecule has 0 atom stereocenters. The molecule has 5 nitrogen and oxygen atoms in total. The highest BCUT2D eigenvalue weighted by molar-refractivity contribution is 7.92. The molecule has 3 aromatic carbocycles. The zero-order valence-electron chi connectivity index (χ0n) is 16.1. The highest BCUT2D eigenvalue weighted by Gasteiger charge is 2.29. The van der Waals surface area contributed by atoms with Gasteiger partial charge in [0.25, 0.3) is 15.9 Å². The van der Waals surface area contributed by atoms with Gasteiger partial charge in [0.2, 0.25) is 0 Å². The molecule has 160 valence electrons. The van der Waals surface area contributed by atoms with Crippen molar-refractivity contribution in [2.75, 3.05) is 16.2 Å². The molecule has 0 fully saturated rings. The van der Waals surface area contributed by atoms with Gasteiger partial charge in [-0.15, -0.1) is 0 Å². The van der Waals surface area contributed by atoms with Crippen LogP contribution in [0.5, 0.6) is 0 Å². The quantitative estimate of drug-likeness (QED) is 0.480. The van der Waals surface area contributed by atoms with Gasteiger partial charge in [-0.3, -0.25) is 9.10 Å². The summed E-state index contributed by atoms with van der Waals surface area (Å²) in [6.45, 7) is 0.339. The van der Waals surface area contributed by atoms with Gasteiger partial charge in [-0.1, -0.05) is 46.9 Å². The summed E-state index contributed by atoms with van der Waals surface area (Å²) in [7, 11) is -3.78. The Balaban J connectivity index is 1.68. The van der Waals surface area contributed by atoms with E-state index in [1.165, 1.54) is 16.4 Å². The topological polar surface area (TPSA) is 66.5 Å². The molecule has 0 radical (unpaired) electrons. The van der Waals surface area contributed by atoms with E-state index >= 15 is 0 Å². The molecular formula is C22H17Cl3N2O3S. The minimum absolute atomic E-state index is 0.155. The number of hydrogen-bond donors (Lipinski definition) is 1. The molecule has 1 aliphatic rings. The zero-order valence-corrected chi connectivity index (χ0v) is 19.2. The number of rotatable bonds is 4. The monoisotopic (exact) mass is 494 g/mol. The van der Waals surface area contributed by atoms with Crippen molar-refractivity contribution in [3.63, 3.8) is 0 Å². The summed E-state index contributed by atoms with van der Waals surface area (Å²) in [5.41, 5.74) is 2.02. The average molecular weight is 496 g/mol. The number of amides is 1. The van der Waals surface area contributed by atoms with Crippen LogP contribution in [0.25, 0.3) is 0 Å². The maximum absolute atomic E-state index is 13.3. The van der Waals surface area contributed by atoms with Crippen LogP contribution in [0.3, 0.4) is 0 Å². The second-order valence-corrected chi connectivity index (χ2v) is 10.1. The molecule has 1 aliphatic heterocycles. The first kappa shape index (κ1) is 22.0. The van der Waals surface area contributed by atoms with Crippen molar-refractivity contribution in [2.24, 2.45) is 0 Å². The Morgan fingerprint density at radius 3 is 2.29 bits per heavy atom. The molecule has 0 bridgehead atoms. The maximum atomic E-state index is 13.3. The van der Waals surface area contributed by atoms with Crippen LogP contribution in [0.1, 0.15) is 22.3 Å². The first-order valence-corrected chi connectivity index (χ1v) is 12.0. The Morgan fingerprint density at radius 1 is 0.935 bits per heavy atom. The summed E-state index contributed by atoms with van der Waals surface area (Å²) in [6, 6.07) is 16.1. The Hall–Kier alpha value is -2.25. The van der Waals surface area contributed by atoms with Crippen LogP contribution in [-0.2, 0) is 16.4 Å². The molecule has 0 saturated heterocycles. The molecule has 0 spiro atoms. The molecule has 1 N–H and O–H groups in total. The van der Waals surface area contributed by atoms with Gasteiger partial charge in [0.05, 0.1) is 26.2 Å². The molecule has 9 heteroatoms. The summed E-state index contributed by atoms with van der Waals surface area (Å²) in [6.07, 6.45) is 1.44. The van der Waals surface area contributed by atoms with Gasteiger partial charge in [0.15, 0.2) is 0 Å². The van der Waals surface area contributed by atoms with Crippen LogP contribution >= 0.6 is 34.8 Å². The third-order valence-electron chi connectivity index (χ3n) is 5.01. The highest BCUT2D eigenvalue weighted by Crippen LogP contribution is 2.35. The maximum Gasteiger partial charge on any atom is 0.264 e. The van der Waals surface area contributed by atoms with Gasteiger partial charge in [-0.2, -0.15) is 0 Å². The molecule has 0 saturated carbocycles. The third-order valence-corrected chi connectivity index (χ3v) is 7.72. The zero-order chi connectivity index (χ0) is 22.2. The molecule has 31 heavy (non-hydrogen) atoms. The van der Waals surface area contributed by atoms with E-state index in [0.29, 0.717) is 29.4 Å². The Bertz CT molecular complexity index is 1240. The van der Waals surface area contributed by atoms with Crippen LogP contribution in [0.2, 0.25) is 15.1 Å². The lowest BCUT2D eigenvalue weighted by Gasteiger charge is -2.31. The van der Waals surface area contributed by atoms with Crippen molar-refractivity contribution < 1.29 is 13.2 Å². The lowest BCUT2D eigenvalue weighted by molar-refractivity contribution is 0.102. The minimum Gasteiger partial charge on any atom is -0.322 e. The summed E-state index contributed by atoms with van der Waals surface area (Å²) in [4.78, 5) is 12.9. The van der Waals surface area contributed by atoms with Gasteiger partial charge in [-0.05, 0) is 66.9 Å². The number of aryl methyl sites for hydroxylation is 1. The van der Waals surface area contributed by atoms with Crippen LogP contribution in [0, 0.1) is 0 Å². The van der Waals surface area contributed by atoms with Crippen LogP contribution in [-0.4, -0.2) is 20.9 Å². The molecule has 0 unspecified atom stereocenters. The number of carbonyl (C=O) groups excluding carboxylic acids is 1. The molecule has 0 aliphatic carbocycles. The van der Waals surface area contributed by atoms with Crippen molar-refractivity contribution in [1.29, 1.82) is 0 Å². The Morgan fingerprint density at radius 2 is 1.61 bits per heavy atom. The van der Waals surface area contributed by atoms with E-state index in [1.54, 1.807) is 42.5 Å². The first-order valence-electron chi connectivity index (χ1n) is 9.44. The fourth-order valence-corrected chi connectivity index (χ4v) is 5.74. The second kappa shape index (κ2) is 8.71. The third kappa shape index (κ3) is 4.39. The minimum atomic E-state index is -3.78. The number of hydrogen-bond acceptors (Lipinski definition) is 3. The SMILES string of the molecule is O=C(Nc1ccc2c(c1)N(S(=O)(=O)c1ccc(Cl)cc1)CCC2)c1c(Cl)cccc1Cl. The van der Waals surface area contributed by atoms with Crippen LogP contribution < -0.4 is 9.62 Å². The van der Waals surface area contributed by atoms with Gasteiger partial charge in [0, 0.05) is 17.3 Å². The number of anilines is 2. The van der Waals surface area contributed by atoms with Crippen LogP contribution in [0.4, 0.5) is 11.4 Å². The summed E-state index contributed by atoms with van der Waals surface area (Å²) in [5.74, 6) is -0.474. The van der Waals surface area contributed by atoms with Crippen molar-refractivity contribution in [3.8, 4) is 0 Å². The van der Waals surface area contributed by atoms with E-state index in [2.05, 4.69) is 5.32 Å². The van der Waals surface area contributed by atoms with Crippen LogP contribution in [0.15, 0.2) is 65.6 Å². The number of halogens is 3. The average Bonchev–Trinajstić information content (AvgIpc) is 2.73. The van der Waals surface area contributed by atoms with Crippen molar-refractivity contribution in [3.05, 3.63) is 86.9 Å². The molecular weight excluding hydrogens is 479 g/mol. The highest BCUT2D eigenvalue weighted by atomic mass is 35.5. The molecule has 0 aromatic heterocycles. The summed E-state index contributed by atoms with van der Waals surface area (Å²) in [5, 5.41) is 3.68. The summed E-state index contributed by atoms with van der Waals surface area (Å²) < 4.78 is 27.9. The van der Waals surface area contributed by atoms with Crippen molar-refractivity contribution >= 4 is 62.1 Å². The fraction of sp³-hybridized carbons (Fsp3) is 0.136. The standard InChI is InChI=1S/C22H17Cl3N2O3S/c23-15-7-10-17(11-8-15)31(29,30)27-12-2-3-14-6-9-16(13-20(14)27)26-22(28)21-18(24)4-1-5-19(21)25/h1,4-11,13H,2-3,12H2,(H,26,28). The predicted octanol–water partition coefficient (Wildman–Crippen LogP) is 6.04. The lowest BCUT2D eigenvalue weighted by atomic mass is 10.0. The largest absolute Gasteiger partial charge is 0.322 e. The number of benzene rings is 3. The second-order valence-electron chi connectivity index (χ2n) is 7.03. The van der Waals surface area contributed by atoms with Gasteiger partial charge in [0.1, 0.15) is 0 Å². The van der Waals surface area contributed by atoms with Crippen molar-refractivity contribution in [1.82, 2.24) is 0 Å². The predicted molar refractivity (Wildman–Crippen MR) is 125 cm³/mol. The number of carbonyl (C=O) groups is 1. The normalized spacial score (nSPS) is 13.6. The van der Waals surface area contributed by atoms with Gasteiger partial charge in [-0.25, -0.2) is 8.42 Å². The fourth-order valence-electron chi connectivity index (χ4n) is 3.51. The smallest absolute Gasteiger partial charge is 0.264 e. The number of nitrogens with zero attached hydrogens (tertiary/aromatic N) is 1. The first-order chi connectivity index (χ1) is 14.8. The van der Waals surface area contributed by atoms with E-state index in [9.17, 15) is 13.2 Å². The molecule has 1 heterocycles. The molecule has 4 rings (SSSR count). The number of fused-ring (bicyclic) bond motifs is 1. The van der Waals surface area contributed by atoms with E-state index in [1.807, 2.05) is 6.07 Å². The Labute approximate surface area is 195 Å². The van der Waals surface area contributed by atoms with Gasteiger partial charge < -0.3 is 5.32 Å². The van der Waals surface area contributed by atoms with E-state index in [0.717, 1.165) is 12.0 Å². The number of nitrogens with one attached hydrogen (secondary N) is 1. The lowest BCUT2D eigenvalue weighted by Crippen LogP contribution is -2.35. The molecule has 3 aromatic rings. The van der Waals surface area contributed by atoms with E-state index in [-0.39, 0.29) is 20.5 Å².